The fraction of sp³-hybridized carbons (Fsp3) is 0.357. The first-order chi connectivity index (χ1) is 9.22. The molecule has 0 radical (unpaired) electrons. The monoisotopic (exact) mass is 248 g/mol. The summed E-state index contributed by atoms with van der Waals surface area (Å²) in [5.41, 5.74) is -1.14. The van der Waals surface area contributed by atoms with Crippen LogP contribution in [-0.2, 0) is 6.40 Å². The predicted molar refractivity (Wildman–Crippen MR) is 66.9 cm³/mol. The van der Waals surface area contributed by atoms with Crippen LogP contribution in [0.3, 0.4) is 0 Å². The molecule has 0 aliphatic carbocycles. The van der Waals surface area contributed by atoms with Crippen molar-refractivity contribution in [2.75, 3.05) is 0 Å². The summed E-state index contributed by atoms with van der Waals surface area (Å²) in [4.78, 5) is 11.2. The summed E-state index contributed by atoms with van der Waals surface area (Å²) in [5.74, 6) is 0.295. The Morgan fingerprint density at radius 2 is 2.28 bits per heavy atom. The molecule has 18 heavy (non-hydrogen) atoms. The lowest BCUT2D eigenvalue weighted by atomic mass is 9.97. The number of benzene rings is 1. The topological polar surface area (TPSA) is 59.7 Å². The second-order valence-electron chi connectivity index (χ2n) is 4.85. The lowest BCUT2D eigenvalue weighted by Crippen LogP contribution is -2.39. The zero-order chi connectivity index (χ0) is 14.7. The summed E-state index contributed by atoms with van der Waals surface area (Å²) >= 11 is 0. The van der Waals surface area contributed by atoms with Crippen molar-refractivity contribution >= 4 is 11.0 Å². The molecule has 0 saturated heterocycles. The van der Waals surface area contributed by atoms with Crippen LogP contribution in [0, 0.1) is 0 Å². The van der Waals surface area contributed by atoms with Gasteiger partial charge in [0.2, 0.25) is 0 Å². The van der Waals surface area contributed by atoms with Crippen LogP contribution in [0.25, 0.3) is 11.0 Å². The molecular formula is C14H14O4. The Balaban J connectivity index is 2.21. The van der Waals surface area contributed by atoms with Gasteiger partial charge < -0.3 is 14.3 Å². The van der Waals surface area contributed by atoms with Gasteiger partial charge in [-0.15, -0.1) is 0 Å². The van der Waals surface area contributed by atoms with E-state index in [1.54, 1.807) is 12.1 Å². The maximum atomic E-state index is 11.2. The van der Waals surface area contributed by atoms with E-state index in [2.05, 4.69) is 0 Å². The third-order valence-electron chi connectivity index (χ3n) is 2.86. The Bertz CT molecular complexity index is 747. The van der Waals surface area contributed by atoms with Gasteiger partial charge in [0.25, 0.3) is 0 Å². The maximum absolute atomic E-state index is 11.2. The maximum Gasteiger partial charge on any atom is 0.336 e. The molecule has 0 bridgehead atoms. The highest BCUT2D eigenvalue weighted by atomic mass is 16.5. The van der Waals surface area contributed by atoms with Gasteiger partial charge in [0, 0.05) is 25.3 Å². The first-order valence-electron chi connectivity index (χ1n) is 6.71. The van der Waals surface area contributed by atoms with E-state index >= 15 is 0 Å². The van der Waals surface area contributed by atoms with E-state index in [-0.39, 0.29) is 0 Å². The molecule has 0 spiro atoms. The number of fused-ring (bicyclic) bond motifs is 2. The summed E-state index contributed by atoms with van der Waals surface area (Å²) < 4.78 is 27.0. The number of aliphatic hydroxyl groups is 1. The predicted octanol–water partition coefficient (Wildman–Crippen LogP) is 1.87. The number of rotatable bonds is 1. The Kier molecular flexibility index (Phi) is 1.83. The lowest BCUT2D eigenvalue weighted by Gasteiger charge is -2.24. The highest BCUT2D eigenvalue weighted by molar-refractivity contribution is 5.79. The van der Waals surface area contributed by atoms with Gasteiger partial charge >= 0.3 is 5.63 Å². The third kappa shape index (κ3) is 1.78. The van der Waals surface area contributed by atoms with Crippen molar-refractivity contribution in [2.24, 2.45) is 0 Å². The highest BCUT2D eigenvalue weighted by Crippen LogP contribution is 2.35. The summed E-state index contributed by atoms with van der Waals surface area (Å²) in [6.45, 7) is 2.88. The van der Waals surface area contributed by atoms with Crippen molar-refractivity contribution in [3.05, 3.63) is 40.2 Å². The molecule has 4 nitrogen and oxygen atoms in total. The van der Waals surface area contributed by atoms with Crippen molar-refractivity contribution in [1.82, 2.24) is 0 Å². The SMILES string of the molecule is [2H][C@H]1c2cc3ccc(=O)oc3cc2O[C@]1([2H])C(C)(C)O. The van der Waals surface area contributed by atoms with E-state index in [1.807, 2.05) is 0 Å². The lowest BCUT2D eigenvalue weighted by molar-refractivity contribution is -0.0229. The summed E-state index contributed by atoms with van der Waals surface area (Å²) in [7, 11) is 0. The summed E-state index contributed by atoms with van der Waals surface area (Å²) in [6.07, 6.45) is -2.85. The van der Waals surface area contributed by atoms with E-state index in [4.69, 9.17) is 11.9 Å². The molecule has 2 aromatic rings. The van der Waals surface area contributed by atoms with Gasteiger partial charge in [0.1, 0.15) is 17.4 Å². The van der Waals surface area contributed by atoms with Gasteiger partial charge in [-0.05, 0) is 31.5 Å². The van der Waals surface area contributed by atoms with Gasteiger partial charge in [-0.25, -0.2) is 4.79 Å². The van der Waals surface area contributed by atoms with Crippen LogP contribution >= 0.6 is 0 Å². The molecule has 1 aromatic carbocycles. The normalized spacial score (nSPS) is 28.5. The van der Waals surface area contributed by atoms with Crippen molar-refractivity contribution in [3.63, 3.8) is 0 Å². The molecule has 0 saturated carbocycles. The molecule has 2 atom stereocenters. The molecule has 0 unspecified atom stereocenters. The minimum absolute atomic E-state index is 0.295. The Morgan fingerprint density at radius 1 is 1.50 bits per heavy atom. The van der Waals surface area contributed by atoms with Gasteiger partial charge in [0.15, 0.2) is 0 Å². The van der Waals surface area contributed by atoms with Gasteiger partial charge in [-0.3, -0.25) is 0 Å². The van der Waals surface area contributed by atoms with Crippen LogP contribution in [0.5, 0.6) is 5.75 Å². The van der Waals surface area contributed by atoms with E-state index in [0.717, 1.165) is 0 Å². The Labute approximate surface area is 107 Å². The quantitative estimate of drug-likeness (QED) is 0.783. The second kappa shape index (κ2) is 3.59. The zero-order valence-electron chi connectivity index (χ0n) is 12.1. The minimum atomic E-state index is -1.80. The minimum Gasteiger partial charge on any atom is -0.487 e. The van der Waals surface area contributed by atoms with Crippen LogP contribution in [0.15, 0.2) is 33.5 Å². The van der Waals surface area contributed by atoms with Crippen LogP contribution < -0.4 is 10.4 Å². The largest absolute Gasteiger partial charge is 0.487 e. The van der Waals surface area contributed by atoms with E-state index in [9.17, 15) is 9.90 Å². The van der Waals surface area contributed by atoms with Gasteiger partial charge in [0.05, 0.1) is 6.97 Å². The molecule has 1 aliphatic rings. The standard InChI is InChI=1S/C14H14O4/c1-14(2,16)12-6-9-5-8-3-4-13(15)18-10(8)7-11(9)17-12/h3-5,7,12,16H,6H2,1-2H3/t12-/m0/s1/i6D,12D/t6-,12-. The van der Waals surface area contributed by atoms with Crippen molar-refractivity contribution in [3.8, 4) is 5.75 Å². The number of ether oxygens (including phenoxy) is 1. The van der Waals surface area contributed by atoms with E-state index in [0.29, 0.717) is 22.3 Å². The molecule has 4 heteroatoms. The molecule has 0 fully saturated rings. The smallest absolute Gasteiger partial charge is 0.336 e. The van der Waals surface area contributed by atoms with E-state index in [1.165, 1.54) is 26.0 Å². The summed E-state index contributed by atoms with van der Waals surface area (Å²) in [5, 5.41) is 10.8. The highest BCUT2D eigenvalue weighted by Gasteiger charge is 2.35. The Hall–Kier alpha value is -1.81. The Morgan fingerprint density at radius 3 is 3.00 bits per heavy atom. The van der Waals surface area contributed by atoms with Crippen LogP contribution in [0.1, 0.15) is 22.2 Å². The first-order valence-corrected chi connectivity index (χ1v) is 5.64. The van der Waals surface area contributed by atoms with Crippen molar-refractivity contribution in [2.45, 2.75) is 31.9 Å². The van der Waals surface area contributed by atoms with Crippen LogP contribution in [0.4, 0.5) is 0 Å². The van der Waals surface area contributed by atoms with Gasteiger partial charge in [-0.1, -0.05) is 0 Å². The summed E-state index contributed by atoms with van der Waals surface area (Å²) in [6, 6.07) is 6.05. The average molecular weight is 248 g/mol. The molecule has 3 rings (SSSR count). The molecule has 94 valence electrons. The molecule has 1 N–H and O–H groups in total. The molecule has 2 heterocycles. The van der Waals surface area contributed by atoms with Crippen molar-refractivity contribution < 1.29 is 17.0 Å². The fourth-order valence-corrected chi connectivity index (χ4v) is 1.91. The molecular weight excluding hydrogens is 232 g/mol. The molecule has 1 aromatic heterocycles. The average Bonchev–Trinajstić information content (AvgIpc) is 2.59. The van der Waals surface area contributed by atoms with Crippen LogP contribution in [-0.4, -0.2) is 16.8 Å². The van der Waals surface area contributed by atoms with E-state index < -0.39 is 23.7 Å². The van der Waals surface area contributed by atoms with Crippen molar-refractivity contribution in [1.29, 1.82) is 0 Å². The van der Waals surface area contributed by atoms with Gasteiger partial charge in [-0.2, -0.15) is 0 Å². The zero-order valence-corrected chi connectivity index (χ0v) is 10.1. The number of hydrogen-bond donors (Lipinski definition) is 1. The first kappa shape index (κ1) is 9.16. The fourth-order valence-electron chi connectivity index (χ4n) is 1.91. The molecule has 1 aliphatic heterocycles. The third-order valence-corrected chi connectivity index (χ3v) is 2.86. The second-order valence-corrected chi connectivity index (χ2v) is 4.85. The molecule has 0 amide bonds. The number of hydrogen-bond acceptors (Lipinski definition) is 4. The van der Waals surface area contributed by atoms with Crippen LogP contribution in [0.2, 0.25) is 0 Å².